The maximum absolute atomic E-state index is 11.7. The average molecular weight is 354 g/mol. The minimum Gasteiger partial charge on any atom is -0.450 e. The van der Waals surface area contributed by atoms with E-state index in [-0.39, 0.29) is 6.09 Å². The summed E-state index contributed by atoms with van der Waals surface area (Å²) in [5.41, 5.74) is 0. The van der Waals surface area contributed by atoms with Crippen LogP contribution in [-0.4, -0.2) is 80.8 Å². The number of nitrogens with one attached hydrogen (secondary N) is 2. The first-order chi connectivity index (χ1) is 12.1. The second-order valence-electron chi connectivity index (χ2n) is 7.02. The van der Waals surface area contributed by atoms with Crippen LogP contribution in [0.2, 0.25) is 0 Å². The molecule has 0 aromatic carbocycles. The lowest BCUT2D eigenvalue weighted by atomic mass is 10.1. The van der Waals surface area contributed by atoms with E-state index < -0.39 is 0 Å². The van der Waals surface area contributed by atoms with Crippen LogP contribution in [0.15, 0.2) is 4.99 Å². The van der Waals surface area contributed by atoms with Crippen molar-refractivity contribution in [1.29, 1.82) is 0 Å². The van der Waals surface area contributed by atoms with Gasteiger partial charge in [-0.25, -0.2) is 4.79 Å². The van der Waals surface area contributed by atoms with Crippen molar-refractivity contribution >= 4 is 12.1 Å². The molecule has 1 aliphatic heterocycles. The summed E-state index contributed by atoms with van der Waals surface area (Å²) in [5.74, 6) is 0.856. The molecule has 0 aromatic rings. The van der Waals surface area contributed by atoms with Crippen molar-refractivity contribution in [3.05, 3.63) is 0 Å². The molecule has 7 nitrogen and oxygen atoms in total. The fraction of sp³-hybridized carbons (Fsp3) is 0.889. The number of rotatable bonds is 6. The van der Waals surface area contributed by atoms with Gasteiger partial charge in [-0.2, -0.15) is 0 Å². The predicted molar refractivity (Wildman–Crippen MR) is 101 cm³/mol. The standard InChI is InChI=1S/C18H35N5O2/c1-4-25-18(24)23-12-9-15(10-13-23)21-17(19-2)20-11-14-22(3)16-7-5-6-8-16/h15-16H,4-14H2,1-3H3,(H2,19,20,21). The number of hydrogen-bond donors (Lipinski definition) is 2. The van der Waals surface area contributed by atoms with E-state index in [0.29, 0.717) is 12.6 Å². The van der Waals surface area contributed by atoms with Crippen molar-refractivity contribution in [1.82, 2.24) is 20.4 Å². The number of likely N-dealkylation sites (N-methyl/N-ethyl adjacent to an activating group) is 1. The van der Waals surface area contributed by atoms with E-state index in [2.05, 4.69) is 27.6 Å². The number of piperidine rings is 1. The molecule has 7 heteroatoms. The van der Waals surface area contributed by atoms with Crippen LogP contribution >= 0.6 is 0 Å². The van der Waals surface area contributed by atoms with Crippen LogP contribution in [0.3, 0.4) is 0 Å². The van der Waals surface area contributed by atoms with Crippen molar-refractivity contribution in [2.75, 3.05) is 46.9 Å². The molecule has 0 atom stereocenters. The monoisotopic (exact) mass is 353 g/mol. The zero-order valence-electron chi connectivity index (χ0n) is 16.1. The largest absolute Gasteiger partial charge is 0.450 e. The van der Waals surface area contributed by atoms with Gasteiger partial charge < -0.3 is 25.2 Å². The molecule has 1 saturated heterocycles. The number of amides is 1. The molecule has 25 heavy (non-hydrogen) atoms. The van der Waals surface area contributed by atoms with Crippen molar-refractivity contribution in [3.8, 4) is 0 Å². The number of hydrogen-bond acceptors (Lipinski definition) is 4. The molecular weight excluding hydrogens is 318 g/mol. The van der Waals surface area contributed by atoms with Gasteiger partial charge in [-0.05, 0) is 39.7 Å². The molecular formula is C18H35N5O2. The zero-order valence-corrected chi connectivity index (χ0v) is 16.1. The van der Waals surface area contributed by atoms with Gasteiger partial charge in [0.2, 0.25) is 0 Å². The lowest BCUT2D eigenvalue weighted by molar-refractivity contribution is 0.0963. The van der Waals surface area contributed by atoms with Crippen molar-refractivity contribution in [2.45, 2.75) is 57.5 Å². The normalized spacial score (nSPS) is 20.2. The van der Waals surface area contributed by atoms with Crippen LogP contribution in [0, 0.1) is 0 Å². The molecule has 2 N–H and O–H groups in total. The Balaban J connectivity index is 1.64. The molecule has 0 radical (unpaired) electrons. The van der Waals surface area contributed by atoms with E-state index in [0.717, 1.165) is 51.0 Å². The number of guanidine groups is 1. The molecule has 1 amide bonds. The zero-order chi connectivity index (χ0) is 18.1. The number of carbonyl (C=O) groups is 1. The van der Waals surface area contributed by atoms with Crippen LogP contribution < -0.4 is 10.6 Å². The van der Waals surface area contributed by atoms with Gasteiger partial charge in [-0.1, -0.05) is 12.8 Å². The van der Waals surface area contributed by atoms with Gasteiger partial charge in [0, 0.05) is 45.3 Å². The Morgan fingerprint density at radius 3 is 2.52 bits per heavy atom. The van der Waals surface area contributed by atoms with Crippen molar-refractivity contribution in [3.63, 3.8) is 0 Å². The maximum atomic E-state index is 11.7. The molecule has 2 fully saturated rings. The third kappa shape index (κ3) is 6.38. The first-order valence-electron chi connectivity index (χ1n) is 9.73. The lowest BCUT2D eigenvalue weighted by Crippen LogP contribution is -2.50. The molecule has 0 spiro atoms. The predicted octanol–water partition coefficient (Wildman–Crippen LogP) is 1.65. The highest BCUT2D eigenvalue weighted by atomic mass is 16.6. The Bertz CT molecular complexity index is 429. The lowest BCUT2D eigenvalue weighted by Gasteiger charge is -2.32. The number of likely N-dealkylation sites (tertiary alicyclic amines) is 1. The average Bonchev–Trinajstić information content (AvgIpc) is 3.16. The fourth-order valence-electron chi connectivity index (χ4n) is 3.69. The second kappa shape index (κ2) is 10.5. The van der Waals surface area contributed by atoms with Crippen molar-refractivity contribution in [2.24, 2.45) is 4.99 Å². The van der Waals surface area contributed by atoms with Crippen molar-refractivity contribution < 1.29 is 9.53 Å². The topological polar surface area (TPSA) is 69.2 Å². The van der Waals surface area contributed by atoms with E-state index in [4.69, 9.17) is 4.74 Å². The van der Waals surface area contributed by atoms with Crippen LogP contribution in [0.5, 0.6) is 0 Å². The number of aliphatic imine (C=N–C) groups is 1. The summed E-state index contributed by atoms with van der Waals surface area (Å²) in [6.07, 6.45) is 7.05. The third-order valence-electron chi connectivity index (χ3n) is 5.29. The highest BCUT2D eigenvalue weighted by Gasteiger charge is 2.24. The van der Waals surface area contributed by atoms with E-state index in [1.807, 2.05) is 14.0 Å². The minimum atomic E-state index is -0.196. The Labute approximate surface area is 152 Å². The fourth-order valence-corrected chi connectivity index (χ4v) is 3.69. The quantitative estimate of drug-likeness (QED) is 0.561. The maximum Gasteiger partial charge on any atom is 0.409 e. The Hall–Kier alpha value is -1.50. The summed E-state index contributed by atoms with van der Waals surface area (Å²) in [5, 5.41) is 6.90. The Morgan fingerprint density at radius 2 is 1.92 bits per heavy atom. The van der Waals surface area contributed by atoms with Gasteiger partial charge >= 0.3 is 6.09 Å². The van der Waals surface area contributed by atoms with Gasteiger partial charge in [-0.3, -0.25) is 4.99 Å². The summed E-state index contributed by atoms with van der Waals surface area (Å²) < 4.78 is 5.06. The van der Waals surface area contributed by atoms with E-state index in [1.165, 1.54) is 25.7 Å². The smallest absolute Gasteiger partial charge is 0.409 e. The summed E-state index contributed by atoms with van der Waals surface area (Å²) in [6, 6.07) is 1.11. The van der Waals surface area contributed by atoms with Gasteiger partial charge in [0.25, 0.3) is 0 Å². The highest BCUT2D eigenvalue weighted by molar-refractivity contribution is 5.80. The van der Waals surface area contributed by atoms with Gasteiger partial charge in [0.15, 0.2) is 5.96 Å². The number of nitrogens with zero attached hydrogens (tertiary/aromatic N) is 3. The molecule has 2 aliphatic rings. The first-order valence-corrected chi connectivity index (χ1v) is 9.73. The van der Waals surface area contributed by atoms with E-state index >= 15 is 0 Å². The number of ether oxygens (including phenoxy) is 1. The van der Waals surface area contributed by atoms with Gasteiger partial charge in [0.1, 0.15) is 0 Å². The summed E-state index contributed by atoms with van der Waals surface area (Å²) in [4.78, 5) is 20.3. The molecule has 1 aliphatic carbocycles. The van der Waals surface area contributed by atoms with Gasteiger partial charge in [-0.15, -0.1) is 0 Å². The minimum absolute atomic E-state index is 0.196. The molecule has 0 bridgehead atoms. The molecule has 144 valence electrons. The number of carbonyl (C=O) groups excluding carboxylic acids is 1. The summed E-state index contributed by atoms with van der Waals surface area (Å²) >= 11 is 0. The molecule has 0 aromatic heterocycles. The third-order valence-corrected chi connectivity index (χ3v) is 5.29. The van der Waals surface area contributed by atoms with Crippen LogP contribution in [0.25, 0.3) is 0 Å². The SMILES string of the molecule is CCOC(=O)N1CCC(NC(=NC)NCCN(C)C2CCCC2)CC1. The van der Waals surface area contributed by atoms with Crippen LogP contribution in [0.1, 0.15) is 45.4 Å². The first kappa shape index (κ1) is 19.8. The van der Waals surface area contributed by atoms with E-state index in [1.54, 1.807) is 4.90 Å². The Morgan fingerprint density at radius 1 is 1.24 bits per heavy atom. The molecule has 1 saturated carbocycles. The Kier molecular flexibility index (Phi) is 8.31. The molecule has 1 heterocycles. The molecule has 2 rings (SSSR count). The molecule has 0 unspecified atom stereocenters. The summed E-state index contributed by atoms with van der Waals surface area (Å²) in [6.45, 7) is 5.67. The second-order valence-corrected chi connectivity index (χ2v) is 7.02. The van der Waals surface area contributed by atoms with E-state index in [9.17, 15) is 4.79 Å². The van der Waals surface area contributed by atoms with Crippen LogP contribution in [0.4, 0.5) is 4.79 Å². The van der Waals surface area contributed by atoms with Crippen LogP contribution in [-0.2, 0) is 4.74 Å². The highest BCUT2D eigenvalue weighted by Crippen LogP contribution is 2.21. The summed E-state index contributed by atoms with van der Waals surface area (Å²) in [7, 11) is 4.03. The van der Waals surface area contributed by atoms with Gasteiger partial charge in [0.05, 0.1) is 6.61 Å².